The normalized spacial score (nSPS) is 10.7. The average Bonchev–Trinajstić information content (AvgIpc) is 2.89. The van der Waals surface area contributed by atoms with Gasteiger partial charge in [-0.3, -0.25) is 0 Å². The van der Waals surface area contributed by atoms with Gasteiger partial charge in [0.25, 0.3) is 0 Å². The highest BCUT2D eigenvalue weighted by molar-refractivity contribution is 5.97. The van der Waals surface area contributed by atoms with E-state index in [4.69, 9.17) is 9.26 Å². The van der Waals surface area contributed by atoms with Crippen LogP contribution in [0.15, 0.2) is 47.0 Å². The minimum Gasteiger partial charge on any atom is -0.485 e. The van der Waals surface area contributed by atoms with Gasteiger partial charge in [0.15, 0.2) is 5.76 Å². The monoisotopic (exact) mass is 283 g/mol. The van der Waals surface area contributed by atoms with E-state index < -0.39 is 5.97 Å². The summed E-state index contributed by atoms with van der Waals surface area (Å²) < 4.78 is 10.6. The van der Waals surface area contributed by atoms with Crippen LogP contribution in [0, 0.1) is 6.92 Å². The molecule has 0 atom stereocenters. The second-order valence-electron chi connectivity index (χ2n) is 4.72. The zero-order chi connectivity index (χ0) is 14.8. The first-order valence-electron chi connectivity index (χ1n) is 6.44. The van der Waals surface area contributed by atoms with Gasteiger partial charge in [0.05, 0.1) is 5.69 Å². The molecule has 0 saturated heterocycles. The first-order valence-corrected chi connectivity index (χ1v) is 6.44. The number of aryl methyl sites for hydroxylation is 1. The Labute approximate surface area is 120 Å². The summed E-state index contributed by atoms with van der Waals surface area (Å²) in [5.74, 6) is -0.156. The molecule has 0 radical (unpaired) electrons. The number of fused-ring (bicyclic) bond motifs is 1. The summed E-state index contributed by atoms with van der Waals surface area (Å²) in [5.41, 5.74) is 0.885. The molecule has 3 aromatic rings. The van der Waals surface area contributed by atoms with Gasteiger partial charge in [0.2, 0.25) is 0 Å². The number of carboxylic acid groups (broad SMARTS) is 1. The first kappa shape index (κ1) is 13.2. The van der Waals surface area contributed by atoms with Gasteiger partial charge in [-0.2, -0.15) is 0 Å². The molecular weight excluding hydrogens is 270 g/mol. The van der Waals surface area contributed by atoms with Gasteiger partial charge in [-0.05, 0) is 29.8 Å². The second-order valence-corrected chi connectivity index (χ2v) is 4.72. The van der Waals surface area contributed by atoms with E-state index in [1.807, 2.05) is 31.2 Å². The van der Waals surface area contributed by atoms with Crippen molar-refractivity contribution in [2.45, 2.75) is 13.5 Å². The molecule has 21 heavy (non-hydrogen) atoms. The van der Waals surface area contributed by atoms with Gasteiger partial charge in [-0.1, -0.05) is 29.4 Å². The maximum atomic E-state index is 11.4. The summed E-state index contributed by atoms with van der Waals surface area (Å²) in [6, 6.07) is 12.6. The Morgan fingerprint density at radius 3 is 2.57 bits per heavy atom. The molecule has 5 heteroatoms. The van der Waals surface area contributed by atoms with E-state index in [1.54, 1.807) is 18.2 Å². The van der Waals surface area contributed by atoms with E-state index in [2.05, 4.69) is 5.16 Å². The van der Waals surface area contributed by atoms with Gasteiger partial charge >= 0.3 is 5.97 Å². The Hall–Kier alpha value is -2.82. The van der Waals surface area contributed by atoms with Crippen molar-refractivity contribution >= 4 is 16.7 Å². The lowest BCUT2D eigenvalue weighted by Crippen LogP contribution is -2.03. The molecule has 5 nitrogen and oxygen atoms in total. The third kappa shape index (κ3) is 2.72. The maximum Gasteiger partial charge on any atom is 0.339 e. The predicted octanol–water partition coefficient (Wildman–Crippen LogP) is 3.41. The molecule has 106 valence electrons. The quantitative estimate of drug-likeness (QED) is 0.794. The van der Waals surface area contributed by atoms with Crippen molar-refractivity contribution in [1.82, 2.24) is 5.16 Å². The molecule has 0 bridgehead atoms. The number of aromatic carboxylic acids is 1. The largest absolute Gasteiger partial charge is 0.485 e. The number of nitrogens with zero attached hydrogens (tertiary/aromatic N) is 1. The fraction of sp³-hybridized carbons (Fsp3) is 0.125. The maximum absolute atomic E-state index is 11.4. The summed E-state index contributed by atoms with van der Waals surface area (Å²) in [7, 11) is 0. The first-order chi connectivity index (χ1) is 10.1. The number of aromatic nitrogens is 1. The van der Waals surface area contributed by atoms with Crippen LogP contribution in [-0.4, -0.2) is 16.2 Å². The van der Waals surface area contributed by atoms with Crippen LogP contribution in [0.1, 0.15) is 21.8 Å². The Morgan fingerprint density at radius 1 is 1.24 bits per heavy atom. The topological polar surface area (TPSA) is 72.6 Å². The van der Waals surface area contributed by atoms with Crippen LogP contribution in [0.3, 0.4) is 0 Å². The molecule has 1 aromatic heterocycles. The van der Waals surface area contributed by atoms with E-state index in [1.165, 1.54) is 0 Å². The van der Waals surface area contributed by atoms with Crippen molar-refractivity contribution in [3.8, 4) is 5.75 Å². The SMILES string of the molecule is Cc1cc(COc2cc3ccccc3cc2C(=O)O)on1. The highest BCUT2D eigenvalue weighted by Crippen LogP contribution is 2.27. The Balaban J connectivity index is 1.95. The van der Waals surface area contributed by atoms with Gasteiger partial charge in [0, 0.05) is 6.07 Å². The van der Waals surface area contributed by atoms with Crippen LogP contribution in [0.5, 0.6) is 5.75 Å². The minimum atomic E-state index is -1.02. The molecule has 0 amide bonds. The molecule has 0 fully saturated rings. The van der Waals surface area contributed by atoms with Gasteiger partial charge < -0.3 is 14.4 Å². The molecule has 3 rings (SSSR count). The minimum absolute atomic E-state index is 0.130. The Morgan fingerprint density at radius 2 is 1.95 bits per heavy atom. The number of carbonyl (C=O) groups is 1. The molecule has 1 N–H and O–H groups in total. The predicted molar refractivity (Wildman–Crippen MR) is 76.5 cm³/mol. The zero-order valence-electron chi connectivity index (χ0n) is 11.4. The molecule has 2 aromatic carbocycles. The Kier molecular flexibility index (Phi) is 3.31. The van der Waals surface area contributed by atoms with Crippen LogP contribution in [0.2, 0.25) is 0 Å². The van der Waals surface area contributed by atoms with Gasteiger partial charge in [-0.25, -0.2) is 4.79 Å². The summed E-state index contributed by atoms with van der Waals surface area (Å²) >= 11 is 0. The zero-order valence-corrected chi connectivity index (χ0v) is 11.4. The number of benzene rings is 2. The molecule has 0 aliphatic rings. The van der Waals surface area contributed by atoms with E-state index in [9.17, 15) is 9.90 Å². The van der Waals surface area contributed by atoms with E-state index in [0.717, 1.165) is 16.5 Å². The second kappa shape index (κ2) is 5.28. The number of ether oxygens (including phenoxy) is 1. The molecule has 0 aliphatic carbocycles. The van der Waals surface area contributed by atoms with E-state index in [0.29, 0.717) is 11.5 Å². The third-order valence-corrected chi connectivity index (χ3v) is 3.13. The molecule has 0 aliphatic heterocycles. The van der Waals surface area contributed by atoms with Crippen LogP contribution >= 0.6 is 0 Å². The van der Waals surface area contributed by atoms with Crippen LogP contribution < -0.4 is 4.74 Å². The van der Waals surface area contributed by atoms with Crippen LogP contribution in [0.4, 0.5) is 0 Å². The lowest BCUT2D eigenvalue weighted by atomic mass is 10.1. The van der Waals surface area contributed by atoms with Crippen LogP contribution in [0.25, 0.3) is 10.8 Å². The average molecular weight is 283 g/mol. The van der Waals surface area contributed by atoms with Crippen molar-refractivity contribution in [2.75, 3.05) is 0 Å². The molecule has 0 saturated carbocycles. The molecular formula is C16H13NO4. The molecule has 0 spiro atoms. The number of hydrogen-bond acceptors (Lipinski definition) is 4. The summed E-state index contributed by atoms with van der Waals surface area (Å²) in [6.45, 7) is 1.95. The number of hydrogen-bond donors (Lipinski definition) is 1. The van der Waals surface area contributed by atoms with Crippen LogP contribution in [-0.2, 0) is 6.61 Å². The highest BCUT2D eigenvalue weighted by Gasteiger charge is 2.14. The van der Waals surface area contributed by atoms with Gasteiger partial charge in [-0.15, -0.1) is 0 Å². The molecule has 1 heterocycles. The highest BCUT2D eigenvalue weighted by atomic mass is 16.5. The lowest BCUT2D eigenvalue weighted by Gasteiger charge is -2.09. The lowest BCUT2D eigenvalue weighted by molar-refractivity contribution is 0.0691. The summed E-state index contributed by atoms with van der Waals surface area (Å²) in [4.78, 5) is 11.4. The van der Waals surface area contributed by atoms with Crippen molar-refractivity contribution in [3.05, 3.63) is 59.5 Å². The smallest absolute Gasteiger partial charge is 0.339 e. The van der Waals surface area contributed by atoms with E-state index >= 15 is 0 Å². The van der Waals surface area contributed by atoms with Crippen molar-refractivity contribution in [2.24, 2.45) is 0 Å². The number of rotatable bonds is 4. The standard InChI is InChI=1S/C16H13NO4/c1-10-6-13(21-17-10)9-20-15-8-12-5-3-2-4-11(12)7-14(15)16(18)19/h2-8H,9H2,1H3,(H,18,19). The fourth-order valence-corrected chi connectivity index (χ4v) is 2.14. The van der Waals surface area contributed by atoms with E-state index in [-0.39, 0.29) is 12.2 Å². The Bertz CT molecular complexity index is 807. The third-order valence-electron chi connectivity index (χ3n) is 3.13. The summed E-state index contributed by atoms with van der Waals surface area (Å²) in [6.07, 6.45) is 0. The van der Waals surface area contributed by atoms with Crippen molar-refractivity contribution < 1.29 is 19.2 Å². The van der Waals surface area contributed by atoms with Crippen molar-refractivity contribution in [3.63, 3.8) is 0 Å². The number of carboxylic acids is 1. The van der Waals surface area contributed by atoms with Crippen molar-refractivity contribution in [1.29, 1.82) is 0 Å². The molecule has 0 unspecified atom stereocenters. The fourth-order valence-electron chi connectivity index (χ4n) is 2.14. The summed E-state index contributed by atoms with van der Waals surface area (Å²) in [5, 5.41) is 14.9. The van der Waals surface area contributed by atoms with Gasteiger partial charge in [0.1, 0.15) is 17.9 Å².